The van der Waals surface area contributed by atoms with Crippen molar-refractivity contribution in [3.63, 3.8) is 0 Å². The van der Waals surface area contributed by atoms with Crippen LogP contribution in [0.15, 0.2) is 36.4 Å². The van der Waals surface area contributed by atoms with E-state index in [1.54, 1.807) is 77.9 Å². The molecule has 1 amide bonds. The summed E-state index contributed by atoms with van der Waals surface area (Å²) in [6, 6.07) is 10.6. The topological polar surface area (TPSA) is 268 Å². The summed E-state index contributed by atoms with van der Waals surface area (Å²) in [7, 11) is -1.93. The number of amides is 1. The number of carbonyl (C=O) groups excluding carboxylic acids is 3. The first-order valence-electron chi connectivity index (χ1n) is 23.0. The van der Waals surface area contributed by atoms with E-state index in [1.165, 1.54) is 0 Å². The molecule has 9 rings (SSSR count). The Morgan fingerprint density at radius 3 is 1.18 bits per heavy atom. The number of alkyl carbamates (subject to hydrolysis) is 1. The first-order valence-corrected chi connectivity index (χ1v) is 24.1. The highest BCUT2D eigenvalue weighted by Crippen LogP contribution is 2.40. The van der Waals surface area contributed by atoms with Crippen molar-refractivity contribution < 1.29 is 103 Å². The molecule has 76 heavy (non-hydrogen) atoms. The number of alkyl halides is 6. The first kappa shape index (κ1) is 62.7. The summed E-state index contributed by atoms with van der Waals surface area (Å²) < 4.78 is 120. The largest absolute Gasteiger partial charge is 0.499 e. The number of halogens is 9. The number of aliphatic hydroxyl groups excluding tert-OH is 3. The van der Waals surface area contributed by atoms with Crippen molar-refractivity contribution in [2.75, 3.05) is 59.3 Å². The quantitative estimate of drug-likeness (QED) is 0.112. The van der Waals surface area contributed by atoms with Gasteiger partial charge >= 0.3 is 39.8 Å². The minimum atomic E-state index is -4.64. The Labute approximate surface area is 448 Å². The van der Waals surface area contributed by atoms with Crippen LogP contribution in [0.3, 0.4) is 0 Å². The molecular weight excluding hydrogens is 1090 g/mol. The Balaban J connectivity index is 0.000000192. The maximum atomic E-state index is 11.9. The van der Waals surface area contributed by atoms with Crippen LogP contribution in [0.5, 0.6) is 17.2 Å². The monoisotopic (exact) mass is 1150 g/mol. The second-order valence-electron chi connectivity index (χ2n) is 19.2. The maximum absolute atomic E-state index is 11.9. The molecule has 0 saturated heterocycles. The number of benzene rings is 3. The van der Waals surface area contributed by atoms with Gasteiger partial charge in [-0.25, -0.2) is 4.79 Å². The molecule has 0 bridgehead atoms. The number of rotatable bonds is 7. The minimum Gasteiger partial charge on any atom is -0.491 e. The zero-order valence-corrected chi connectivity index (χ0v) is 43.9. The van der Waals surface area contributed by atoms with E-state index in [0.29, 0.717) is 56.4 Å². The van der Waals surface area contributed by atoms with Crippen molar-refractivity contribution in [3.8, 4) is 17.2 Å². The van der Waals surface area contributed by atoms with Crippen LogP contribution in [-0.2, 0) is 42.3 Å². The van der Waals surface area contributed by atoms with E-state index in [9.17, 15) is 46.5 Å². The molecule has 0 fully saturated rings. The fraction of sp³-hybridized carbons (Fsp3) is 0.533. The fourth-order valence-corrected chi connectivity index (χ4v) is 8.64. The molecule has 2 unspecified atom stereocenters. The number of aldehydes is 2. The van der Waals surface area contributed by atoms with Crippen molar-refractivity contribution in [2.24, 2.45) is 11.5 Å². The fourth-order valence-electron chi connectivity index (χ4n) is 7.78. The van der Waals surface area contributed by atoms with Crippen LogP contribution < -0.4 is 47.4 Å². The Hall–Kier alpha value is -4.13. The number of ether oxygens (including phenoxy) is 4. The number of hydrogen-bond acceptors (Lipinski definition) is 18. The lowest BCUT2D eigenvalue weighted by Crippen LogP contribution is -2.45. The molecule has 0 aromatic heterocycles. The molecule has 0 spiro atoms. The van der Waals surface area contributed by atoms with E-state index >= 15 is 0 Å². The summed E-state index contributed by atoms with van der Waals surface area (Å²) >= 11 is 18.8. The summed E-state index contributed by atoms with van der Waals surface area (Å²) in [6.45, 7) is 11.6. The van der Waals surface area contributed by atoms with Gasteiger partial charge in [0.2, 0.25) is 12.6 Å². The second-order valence-corrected chi connectivity index (χ2v) is 20.4. The van der Waals surface area contributed by atoms with Crippen LogP contribution in [0.4, 0.5) is 31.1 Å². The molecule has 418 valence electrons. The predicted molar refractivity (Wildman–Crippen MR) is 265 cm³/mol. The van der Waals surface area contributed by atoms with Crippen LogP contribution in [0.25, 0.3) is 0 Å². The van der Waals surface area contributed by atoms with E-state index in [0.717, 1.165) is 22.1 Å². The van der Waals surface area contributed by atoms with Gasteiger partial charge in [0, 0.05) is 67.8 Å². The lowest BCUT2D eigenvalue weighted by atomic mass is 9.77. The molecule has 6 aliphatic heterocycles. The van der Waals surface area contributed by atoms with Gasteiger partial charge in [-0.15, -0.1) is 0 Å². The Kier molecular flexibility index (Phi) is 20.9. The lowest BCUT2D eigenvalue weighted by molar-refractivity contribution is -0.156. The van der Waals surface area contributed by atoms with Gasteiger partial charge in [0.25, 0.3) is 0 Å². The summed E-state index contributed by atoms with van der Waals surface area (Å²) in [4.78, 5) is 29.3. The second kappa shape index (κ2) is 25.3. The standard InChI is InChI=1S/C17H23BClNO6.2C12H15BClNO4.2C2HF3O/c1-16(2,3)24-15(22)20-7-12-13-10(19)5-6-11-14(13)18(25-12)26-17(4,8-21)9-23-11;2*1-12(5-16)6-17-8-3-2-7(14)10-9(4-15)18-13(19-12)11(8)10;2*3-2(4,5)1-6/h5-6,12,21H,7-9H2,1-4H3,(H,20,22);2*2-3,9,16H,4-6,15H2,1H3;2*1H/t;9-,12+;9-,12-;;/m.11../s1. The van der Waals surface area contributed by atoms with Crippen LogP contribution in [-0.4, -0.2) is 149 Å². The number of nitrogens with two attached hydrogens (primary N) is 2. The molecule has 31 heteroatoms. The Morgan fingerprint density at radius 1 is 0.632 bits per heavy atom. The molecule has 6 heterocycles. The Morgan fingerprint density at radius 2 is 0.921 bits per heavy atom. The van der Waals surface area contributed by atoms with Gasteiger partial charge in [0.1, 0.15) is 59.5 Å². The highest BCUT2D eigenvalue weighted by Gasteiger charge is 2.50. The summed E-state index contributed by atoms with van der Waals surface area (Å²) in [5, 5.41) is 32.9. The van der Waals surface area contributed by atoms with Crippen LogP contribution in [0.2, 0.25) is 15.1 Å². The highest BCUT2D eigenvalue weighted by atomic mass is 35.5. The lowest BCUT2D eigenvalue weighted by Gasteiger charge is -2.27. The third-order valence-corrected chi connectivity index (χ3v) is 12.4. The van der Waals surface area contributed by atoms with E-state index in [1.807, 2.05) is 0 Å². The molecule has 8 N–H and O–H groups in total. The number of nitrogens with one attached hydrogen (secondary N) is 1. The average molecular weight is 1150 g/mol. The van der Waals surface area contributed by atoms with Gasteiger partial charge < -0.3 is 79.0 Å². The van der Waals surface area contributed by atoms with Crippen molar-refractivity contribution in [1.82, 2.24) is 5.32 Å². The highest BCUT2D eigenvalue weighted by molar-refractivity contribution is 6.66. The average Bonchev–Trinajstić information content (AvgIpc) is 3.94. The maximum Gasteiger partial charge on any atom is 0.499 e. The molecule has 3 aromatic rings. The third kappa shape index (κ3) is 15.8. The minimum absolute atomic E-state index is 0.156. The molecule has 19 nitrogen and oxygen atoms in total. The number of hydrogen-bond donors (Lipinski definition) is 6. The third-order valence-electron chi connectivity index (χ3n) is 11.4. The van der Waals surface area contributed by atoms with Crippen molar-refractivity contribution in [2.45, 2.75) is 94.6 Å². The van der Waals surface area contributed by atoms with E-state index in [4.69, 9.17) is 103 Å². The van der Waals surface area contributed by atoms with Gasteiger partial charge in [-0.3, -0.25) is 9.59 Å². The predicted octanol–water partition coefficient (Wildman–Crippen LogP) is 3.74. The van der Waals surface area contributed by atoms with E-state index < -0.39 is 80.9 Å². The molecule has 3 aromatic carbocycles. The van der Waals surface area contributed by atoms with Crippen molar-refractivity contribution in [3.05, 3.63) is 68.2 Å². The molecule has 0 radical (unpaired) electrons. The van der Waals surface area contributed by atoms with Crippen LogP contribution >= 0.6 is 34.8 Å². The van der Waals surface area contributed by atoms with Crippen molar-refractivity contribution in [1.29, 1.82) is 0 Å². The summed E-state index contributed by atoms with van der Waals surface area (Å²) in [5.41, 5.74) is 13.0. The first-order chi connectivity index (χ1) is 35.4. The van der Waals surface area contributed by atoms with E-state index in [-0.39, 0.29) is 58.4 Å². The molecule has 0 aliphatic carbocycles. The normalized spacial score (nSPS) is 24.6. The molecule has 6 atom stereocenters. The summed E-state index contributed by atoms with van der Waals surface area (Å²) in [6.07, 6.45) is -13.1. The molecule has 6 aliphatic rings. The smallest absolute Gasteiger partial charge is 0.491 e. The summed E-state index contributed by atoms with van der Waals surface area (Å²) in [5.74, 6) is 1.96. The van der Waals surface area contributed by atoms with Crippen molar-refractivity contribution >= 4 is 91.2 Å². The van der Waals surface area contributed by atoms with E-state index in [2.05, 4.69) is 5.32 Å². The zero-order valence-electron chi connectivity index (χ0n) is 41.7. The SMILES string of the molecule is CC(C)(C)OC(=O)NCC1OB2OC(C)(CO)COc3ccc(Cl)c1c32.C[C@@]1(CO)COc2ccc(Cl)c3c2B(O[C@@H]3CN)O1.C[C@]1(CO)COc2ccc(Cl)c3c2B(O[C@@H]3CN)O1.O=CC(F)(F)F.O=CC(F)(F)F. The van der Waals surface area contributed by atoms with Crippen LogP contribution in [0, 0.1) is 0 Å². The van der Waals surface area contributed by atoms with Gasteiger partial charge in [-0.1, -0.05) is 34.8 Å². The Bertz CT molecular complexity index is 2430. The van der Waals surface area contributed by atoms with Gasteiger partial charge in [0.05, 0.1) is 38.1 Å². The molecule has 0 saturated carbocycles. The van der Waals surface area contributed by atoms with Gasteiger partial charge in [-0.2, -0.15) is 26.3 Å². The van der Waals surface area contributed by atoms with Gasteiger partial charge in [-0.05, 0) is 77.9 Å². The van der Waals surface area contributed by atoms with Crippen LogP contribution in [0.1, 0.15) is 76.5 Å². The number of carbonyl (C=O) groups is 3. The van der Waals surface area contributed by atoms with Gasteiger partial charge in [0.15, 0.2) is 0 Å². The zero-order chi connectivity index (χ0) is 56.8. The molecular formula is C45H55B3Cl3F6N3O16. The number of aliphatic hydroxyl groups is 3.